The number of likely N-dealkylation sites (N-methyl/N-ethyl adjacent to an activating group) is 1. The lowest BCUT2D eigenvalue weighted by molar-refractivity contribution is -0.141. The van der Waals surface area contributed by atoms with Crippen molar-refractivity contribution in [2.45, 2.75) is 70.4 Å². The molecule has 1 aliphatic carbocycles. The number of aromatic nitrogens is 2. The fourth-order valence-electron chi connectivity index (χ4n) is 3.70. The molecule has 1 unspecified atom stereocenters. The maximum atomic E-state index is 12.5. The molecular weight excluding hydrogens is 292 g/mol. The fraction of sp³-hybridized carbons (Fsp3) is 0.824. The van der Waals surface area contributed by atoms with E-state index in [4.69, 9.17) is 4.52 Å². The number of piperazine rings is 1. The monoisotopic (exact) mass is 320 g/mol. The molecule has 6 nitrogen and oxygen atoms in total. The molecule has 0 spiro atoms. The summed E-state index contributed by atoms with van der Waals surface area (Å²) in [4.78, 5) is 21.1. The molecule has 1 aromatic heterocycles. The molecule has 1 amide bonds. The third-order valence-corrected chi connectivity index (χ3v) is 5.19. The van der Waals surface area contributed by atoms with E-state index in [1.807, 2.05) is 11.9 Å². The highest BCUT2D eigenvalue weighted by Gasteiger charge is 2.33. The molecule has 23 heavy (non-hydrogen) atoms. The second-order valence-electron chi connectivity index (χ2n) is 6.92. The van der Waals surface area contributed by atoms with Crippen molar-refractivity contribution >= 4 is 5.91 Å². The van der Waals surface area contributed by atoms with E-state index in [2.05, 4.69) is 22.0 Å². The third kappa shape index (κ3) is 3.74. The topological polar surface area (TPSA) is 62.5 Å². The summed E-state index contributed by atoms with van der Waals surface area (Å²) in [5.74, 6) is 2.19. The van der Waals surface area contributed by atoms with Gasteiger partial charge in [-0.2, -0.15) is 4.98 Å². The SMILES string of the molecule is CCCCC1C(=O)N(C)CCN1Cc1noc(C2CCCC2)n1. The third-order valence-electron chi connectivity index (χ3n) is 5.19. The summed E-state index contributed by atoms with van der Waals surface area (Å²) in [6, 6.07) is -0.0397. The van der Waals surface area contributed by atoms with Crippen LogP contribution in [0.2, 0.25) is 0 Å². The van der Waals surface area contributed by atoms with Gasteiger partial charge in [-0.15, -0.1) is 0 Å². The Kier molecular flexibility index (Phi) is 5.30. The van der Waals surface area contributed by atoms with Crippen LogP contribution in [-0.2, 0) is 11.3 Å². The second-order valence-corrected chi connectivity index (χ2v) is 6.92. The van der Waals surface area contributed by atoms with E-state index < -0.39 is 0 Å². The molecular formula is C17H28N4O2. The molecule has 3 rings (SSSR count). The van der Waals surface area contributed by atoms with Crippen LogP contribution in [0.15, 0.2) is 4.52 Å². The molecule has 2 aliphatic rings. The van der Waals surface area contributed by atoms with Gasteiger partial charge in [0.15, 0.2) is 5.82 Å². The van der Waals surface area contributed by atoms with Crippen molar-refractivity contribution < 1.29 is 9.32 Å². The molecule has 1 saturated heterocycles. The predicted octanol–water partition coefficient (Wildman–Crippen LogP) is 2.56. The number of nitrogens with zero attached hydrogens (tertiary/aromatic N) is 4. The molecule has 128 valence electrons. The molecule has 1 saturated carbocycles. The molecule has 6 heteroatoms. The molecule has 1 aliphatic heterocycles. The number of carbonyl (C=O) groups is 1. The zero-order chi connectivity index (χ0) is 16.2. The van der Waals surface area contributed by atoms with Crippen LogP contribution in [-0.4, -0.2) is 52.0 Å². The number of unbranched alkanes of at least 4 members (excludes halogenated alkanes) is 1. The minimum absolute atomic E-state index is 0.0397. The summed E-state index contributed by atoms with van der Waals surface area (Å²) >= 11 is 0. The summed E-state index contributed by atoms with van der Waals surface area (Å²) in [6.45, 7) is 4.43. The summed E-state index contributed by atoms with van der Waals surface area (Å²) < 4.78 is 5.47. The van der Waals surface area contributed by atoms with Gasteiger partial charge in [-0.1, -0.05) is 37.8 Å². The zero-order valence-electron chi connectivity index (χ0n) is 14.3. The molecule has 1 atom stereocenters. The standard InChI is InChI=1S/C17H28N4O2/c1-3-4-9-14-17(22)20(2)10-11-21(14)12-15-18-16(23-19-15)13-7-5-6-8-13/h13-14H,3-12H2,1-2H3. The average Bonchev–Trinajstić information content (AvgIpc) is 3.21. The Hall–Kier alpha value is -1.43. The molecule has 0 N–H and O–H groups in total. The van der Waals surface area contributed by atoms with Crippen LogP contribution in [0.1, 0.15) is 69.5 Å². The smallest absolute Gasteiger partial charge is 0.239 e. The Bertz CT molecular complexity index is 524. The Morgan fingerprint density at radius 2 is 2.04 bits per heavy atom. The van der Waals surface area contributed by atoms with Crippen LogP contribution in [0.4, 0.5) is 0 Å². The van der Waals surface area contributed by atoms with Crippen molar-refractivity contribution in [2.24, 2.45) is 0 Å². The van der Waals surface area contributed by atoms with Gasteiger partial charge >= 0.3 is 0 Å². The number of hydrogen-bond donors (Lipinski definition) is 0. The minimum atomic E-state index is -0.0397. The molecule has 0 radical (unpaired) electrons. The zero-order valence-corrected chi connectivity index (χ0v) is 14.3. The minimum Gasteiger partial charge on any atom is -0.343 e. The quantitative estimate of drug-likeness (QED) is 0.806. The molecule has 1 aromatic rings. The van der Waals surface area contributed by atoms with Gasteiger partial charge in [0, 0.05) is 26.1 Å². The van der Waals surface area contributed by atoms with Crippen molar-refractivity contribution in [1.82, 2.24) is 19.9 Å². The van der Waals surface area contributed by atoms with E-state index >= 15 is 0 Å². The lowest BCUT2D eigenvalue weighted by Gasteiger charge is -2.38. The van der Waals surface area contributed by atoms with E-state index in [1.54, 1.807) is 0 Å². The van der Waals surface area contributed by atoms with Gasteiger partial charge in [0.05, 0.1) is 12.6 Å². The van der Waals surface area contributed by atoms with E-state index in [1.165, 1.54) is 12.8 Å². The van der Waals surface area contributed by atoms with Crippen LogP contribution in [0, 0.1) is 0 Å². The van der Waals surface area contributed by atoms with E-state index in [0.717, 1.165) is 56.9 Å². The number of carbonyl (C=O) groups excluding carboxylic acids is 1. The Labute approximate surface area is 138 Å². The first-order valence-electron chi connectivity index (χ1n) is 9.00. The van der Waals surface area contributed by atoms with Gasteiger partial charge in [0.25, 0.3) is 0 Å². The summed E-state index contributed by atoms with van der Waals surface area (Å²) in [5, 5.41) is 4.16. The number of amides is 1. The highest BCUT2D eigenvalue weighted by molar-refractivity contribution is 5.82. The van der Waals surface area contributed by atoms with Gasteiger partial charge in [0.1, 0.15) is 0 Å². The fourth-order valence-corrected chi connectivity index (χ4v) is 3.70. The lowest BCUT2D eigenvalue weighted by Crippen LogP contribution is -2.55. The maximum absolute atomic E-state index is 12.5. The summed E-state index contributed by atoms with van der Waals surface area (Å²) in [6.07, 6.45) is 7.92. The predicted molar refractivity (Wildman–Crippen MR) is 86.9 cm³/mol. The number of hydrogen-bond acceptors (Lipinski definition) is 5. The highest BCUT2D eigenvalue weighted by atomic mass is 16.5. The molecule has 0 aromatic carbocycles. The van der Waals surface area contributed by atoms with Gasteiger partial charge in [-0.25, -0.2) is 0 Å². The van der Waals surface area contributed by atoms with Gasteiger partial charge in [-0.05, 0) is 19.3 Å². The molecule has 0 bridgehead atoms. The van der Waals surface area contributed by atoms with E-state index in [9.17, 15) is 4.79 Å². The van der Waals surface area contributed by atoms with Crippen molar-refractivity contribution in [1.29, 1.82) is 0 Å². The lowest BCUT2D eigenvalue weighted by atomic mass is 10.0. The second kappa shape index (κ2) is 7.43. The van der Waals surface area contributed by atoms with Crippen LogP contribution in [0.3, 0.4) is 0 Å². The Morgan fingerprint density at radius 3 is 2.78 bits per heavy atom. The first-order valence-corrected chi connectivity index (χ1v) is 9.00. The van der Waals surface area contributed by atoms with Gasteiger partial charge in [-0.3, -0.25) is 9.69 Å². The Balaban J connectivity index is 1.65. The first kappa shape index (κ1) is 16.4. The van der Waals surface area contributed by atoms with Crippen LogP contribution < -0.4 is 0 Å². The van der Waals surface area contributed by atoms with Crippen LogP contribution in [0.25, 0.3) is 0 Å². The molecule has 2 fully saturated rings. The highest BCUT2D eigenvalue weighted by Crippen LogP contribution is 2.33. The van der Waals surface area contributed by atoms with E-state index in [0.29, 0.717) is 12.5 Å². The summed E-state index contributed by atoms with van der Waals surface area (Å²) in [5.41, 5.74) is 0. The van der Waals surface area contributed by atoms with Crippen LogP contribution in [0.5, 0.6) is 0 Å². The molecule has 2 heterocycles. The van der Waals surface area contributed by atoms with Crippen molar-refractivity contribution in [3.63, 3.8) is 0 Å². The van der Waals surface area contributed by atoms with Crippen LogP contribution >= 0.6 is 0 Å². The average molecular weight is 320 g/mol. The van der Waals surface area contributed by atoms with Gasteiger partial charge in [0.2, 0.25) is 11.8 Å². The van der Waals surface area contributed by atoms with E-state index in [-0.39, 0.29) is 11.9 Å². The first-order chi connectivity index (χ1) is 11.2. The van der Waals surface area contributed by atoms with Crippen molar-refractivity contribution in [3.8, 4) is 0 Å². The van der Waals surface area contributed by atoms with Crippen molar-refractivity contribution in [3.05, 3.63) is 11.7 Å². The van der Waals surface area contributed by atoms with Crippen molar-refractivity contribution in [2.75, 3.05) is 20.1 Å². The summed E-state index contributed by atoms with van der Waals surface area (Å²) in [7, 11) is 1.89. The number of rotatable bonds is 6. The van der Waals surface area contributed by atoms with Gasteiger partial charge < -0.3 is 9.42 Å². The largest absolute Gasteiger partial charge is 0.343 e. The Morgan fingerprint density at radius 1 is 1.26 bits per heavy atom. The maximum Gasteiger partial charge on any atom is 0.239 e. The normalized spacial score (nSPS) is 23.8.